The number of anilines is 1. The molecule has 1 atom stereocenters. The predicted molar refractivity (Wildman–Crippen MR) is 75.3 cm³/mol. The maximum atomic E-state index is 11.7. The summed E-state index contributed by atoms with van der Waals surface area (Å²) in [5.41, 5.74) is 2.13. The van der Waals surface area contributed by atoms with Crippen LogP contribution in [0.4, 0.5) is 5.69 Å². The monoisotopic (exact) mass is 298 g/mol. The average Bonchev–Trinajstić information content (AvgIpc) is 2.29. The van der Waals surface area contributed by atoms with Crippen LogP contribution in [0.15, 0.2) is 22.7 Å². The molecule has 0 aliphatic carbocycles. The first kappa shape index (κ1) is 14.0. The lowest BCUT2D eigenvalue weighted by Gasteiger charge is -2.16. The number of aryl methyl sites for hydroxylation is 1. The van der Waals surface area contributed by atoms with E-state index in [-0.39, 0.29) is 11.9 Å². The molecule has 4 heteroatoms. The second-order valence-electron chi connectivity index (χ2n) is 4.14. The Morgan fingerprint density at radius 3 is 2.76 bits per heavy atom. The van der Waals surface area contributed by atoms with Crippen molar-refractivity contribution in [3.63, 3.8) is 0 Å². The van der Waals surface area contributed by atoms with Crippen LogP contribution in [0.2, 0.25) is 0 Å². The minimum Gasteiger partial charge on any atom is -0.373 e. The third-order valence-electron chi connectivity index (χ3n) is 2.44. The van der Waals surface area contributed by atoms with Gasteiger partial charge in [-0.1, -0.05) is 13.0 Å². The Kier molecular flexibility index (Phi) is 5.48. The molecule has 1 aromatic rings. The molecular weight excluding hydrogens is 280 g/mol. The Hall–Kier alpha value is -1.03. The Morgan fingerprint density at radius 1 is 1.47 bits per heavy atom. The van der Waals surface area contributed by atoms with Gasteiger partial charge in [-0.25, -0.2) is 0 Å². The van der Waals surface area contributed by atoms with Crippen LogP contribution in [-0.2, 0) is 4.79 Å². The van der Waals surface area contributed by atoms with Gasteiger partial charge in [-0.3, -0.25) is 4.79 Å². The molecule has 0 aliphatic heterocycles. The second-order valence-corrected chi connectivity index (χ2v) is 4.99. The molecule has 0 aliphatic rings. The molecule has 3 nitrogen and oxygen atoms in total. The van der Waals surface area contributed by atoms with E-state index in [0.717, 1.165) is 23.1 Å². The maximum absolute atomic E-state index is 11.7. The number of nitrogens with one attached hydrogen (secondary N) is 2. The molecule has 0 saturated heterocycles. The van der Waals surface area contributed by atoms with Crippen LogP contribution in [0, 0.1) is 6.92 Å². The molecule has 0 aromatic heterocycles. The van der Waals surface area contributed by atoms with Crippen molar-refractivity contribution in [2.75, 3.05) is 11.9 Å². The summed E-state index contributed by atoms with van der Waals surface area (Å²) in [4.78, 5) is 11.7. The lowest BCUT2D eigenvalue weighted by Crippen LogP contribution is -2.37. The van der Waals surface area contributed by atoms with Crippen molar-refractivity contribution in [3.05, 3.63) is 28.2 Å². The normalized spacial score (nSPS) is 12.0. The zero-order chi connectivity index (χ0) is 12.8. The summed E-state index contributed by atoms with van der Waals surface area (Å²) >= 11 is 3.48. The summed E-state index contributed by atoms with van der Waals surface area (Å²) in [5, 5.41) is 6.05. The molecule has 1 rings (SSSR count). The average molecular weight is 299 g/mol. The minimum atomic E-state index is -0.236. The minimum absolute atomic E-state index is 0.0272. The molecule has 2 N–H and O–H groups in total. The van der Waals surface area contributed by atoms with Gasteiger partial charge in [-0.2, -0.15) is 0 Å². The first-order valence-electron chi connectivity index (χ1n) is 5.85. The fourth-order valence-electron chi connectivity index (χ4n) is 1.44. The van der Waals surface area contributed by atoms with Gasteiger partial charge >= 0.3 is 0 Å². The van der Waals surface area contributed by atoms with Gasteiger partial charge in [0.2, 0.25) is 5.91 Å². The summed E-state index contributed by atoms with van der Waals surface area (Å²) < 4.78 is 0.979. The molecule has 0 spiro atoms. The highest BCUT2D eigenvalue weighted by Crippen LogP contribution is 2.23. The van der Waals surface area contributed by atoms with E-state index < -0.39 is 0 Å². The van der Waals surface area contributed by atoms with Crippen molar-refractivity contribution in [3.8, 4) is 0 Å². The fourth-order valence-corrected chi connectivity index (χ4v) is 2.05. The van der Waals surface area contributed by atoms with Gasteiger partial charge < -0.3 is 10.6 Å². The zero-order valence-corrected chi connectivity index (χ0v) is 12.1. The van der Waals surface area contributed by atoms with E-state index in [2.05, 4.69) is 26.6 Å². The molecule has 0 bridgehead atoms. The van der Waals surface area contributed by atoms with Gasteiger partial charge in [0.05, 0.1) is 0 Å². The van der Waals surface area contributed by atoms with E-state index in [4.69, 9.17) is 0 Å². The van der Waals surface area contributed by atoms with Crippen LogP contribution in [-0.4, -0.2) is 18.5 Å². The van der Waals surface area contributed by atoms with Crippen molar-refractivity contribution in [1.82, 2.24) is 5.32 Å². The topological polar surface area (TPSA) is 41.1 Å². The number of hydrogen-bond acceptors (Lipinski definition) is 2. The van der Waals surface area contributed by atoms with Crippen LogP contribution < -0.4 is 10.6 Å². The van der Waals surface area contributed by atoms with Crippen molar-refractivity contribution in [1.29, 1.82) is 0 Å². The summed E-state index contributed by atoms with van der Waals surface area (Å²) in [6.07, 6.45) is 0.951. The Balaban J connectivity index is 2.61. The third-order valence-corrected chi connectivity index (χ3v) is 3.10. The molecule has 0 radical (unpaired) electrons. The molecule has 1 amide bonds. The SMILES string of the molecule is CCCNC(=O)C(C)Nc1ccc(C)cc1Br. The van der Waals surface area contributed by atoms with Gasteiger partial charge in [0.1, 0.15) is 6.04 Å². The van der Waals surface area contributed by atoms with Crippen molar-refractivity contribution in [2.24, 2.45) is 0 Å². The molecule has 1 unspecified atom stereocenters. The van der Waals surface area contributed by atoms with E-state index in [1.54, 1.807) is 0 Å². The highest BCUT2D eigenvalue weighted by Gasteiger charge is 2.12. The van der Waals surface area contributed by atoms with E-state index in [1.807, 2.05) is 39.0 Å². The van der Waals surface area contributed by atoms with Crippen molar-refractivity contribution < 1.29 is 4.79 Å². The number of carbonyl (C=O) groups is 1. The number of benzene rings is 1. The van der Waals surface area contributed by atoms with Gasteiger partial charge in [0.25, 0.3) is 0 Å². The largest absolute Gasteiger partial charge is 0.373 e. The van der Waals surface area contributed by atoms with Gasteiger partial charge in [0.15, 0.2) is 0 Å². The van der Waals surface area contributed by atoms with E-state index >= 15 is 0 Å². The Morgan fingerprint density at radius 2 is 2.18 bits per heavy atom. The Labute approximate surface area is 111 Å². The van der Waals surface area contributed by atoms with Crippen LogP contribution in [0.5, 0.6) is 0 Å². The lowest BCUT2D eigenvalue weighted by atomic mass is 10.2. The molecule has 17 heavy (non-hydrogen) atoms. The van der Waals surface area contributed by atoms with Gasteiger partial charge in [-0.05, 0) is 53.9 Å². The van der Waals surface area contributed by atoms with Crippen LogP contribution in [0.3, 0.4) is 0 Å². The number of halogens is 1. The number of hydrogen-bond donors (Lipinski definition) is 2. The molecule has 0 saturated carbocycles. The van der Waals surface area contributed by atoms with E-state index in [0.29, 0.717) is 0 Å². The molecule has 1 aromatic carbocycles. The van der Waals surface area contributed by atoms with E-state index in [1.165, 1.54) is 5.56 Å². The summed E-state index contributed by atoms with van der Waals surface area (Å²) in [6.45, 7) is 6.65. The summed E-state index contributed by atoms with van der Waals surface area (Å²) in [6, 6.07) is 5.78. The van der Waals surface area contributed by atoms with Crippen LogP contribution in [0.25, 0.3) is 0 Å². The number of rotatable bonds is 5. The van der Waals surface area contributed by atoms with E-state index in [9.17, 15) is 4.79 Å². The standard InChI is InChI=1S/C13H19BrN2O/c1-4-7-15-13(17)10(3)16-12-6-5-9(2)8-11(12)14/h5-6,8,10,16H,4,7H2,1-3H3,(H,15,17). The Bertz CT molecular complexity index is 393. The smallest absolute Gasteiger partial charge is 0.242 e. The van der Waals surface area contributed by atoms with Gasteiger partial charge in [-0.15, -0.1) is 0 Å². The first-order chi connectivity index (χ1) is 8.04. The number of carbonyl (C=O) groups excluding carboxylic acids is 1. The fraction of sp³-hybridized carbons (Fsp3) is 0.462. The third kappa shape index (κ3) is 4.38. The highest BCUT2D eigenvalue weighted by atomic mass is 79.9. The molecule has 0 fully saturated rings. The molecule has 0 heterocycles. The zero-order valence-electron chi connectivity index (χ0n) is 10.5. The number of amides is 1. The highest BCUT2D eigenvalue weighted by molar-refractivity contribution is 9.10. The summed E-state index contributed by atoms with van der Waals surface area (Å²) in [7, 11) is 0. The maximum Gasteiger partial charge on any atom is 0.242 e. The van der Waals surface area contributed by atoms with Crippen LogP contribution in [0.1, 0.15) is 25.8 Å². The summed E-state index contributed by atoms with van der Waals surface area (Å²) in [5.74, 6) is 0.0272. The predicted octanol–water partition coefficient (Wildman–Crippen LogP) is 3.08. The molecular formula is C13H19BrN2O. The first-order valence-corrected chi connectivity index (χ1v) is 6.64. The van der Waals surface area contributed by atoms with Crippen molar-refractivity contribution in [2.45, 2.75) is 33.2 Å². The lowest BCUT2D eigenvalue weighted by molar-refractivity contribution is -0.121. The quantitative estimate of drug-likeness (QED) is 0.877. The second kappa shape index (κ2) is 6.64. The van der Waals surface area contributed by atoms with Crippen LogP contribution >= 0.6 is 15.9 Å². The van der Waals surface area contributed by atoms with Gasteiger partial charge in [0, 0.05) is 16.7 Å². The molecule has 94 valence electrons. The van der Waals surface area contributed by atoms with Crippen molar-refractivity contribution >= 4 is 27.5 Å².